The summed E-state index contributed by atoms with van der Waals surface area (Å²) in [5, 5.41) is 19.6. The fraction of sp³-hybridized carbons (Fsp3) is 0.474. The monoisotopic (exact) mass is 363 g/mol. The summed E-state index contributed by atoms with van der Waals surface area (Å²) >= 11 is 0. The van der Waals surface area contributed by atoms with Crippen molar-refractivity contribution in [3.63, 3.8) is 0 Å². The van der Waals surface area contributed by atoms with Gasteiger partial charge in [-0.15, -0.1) is 0 Å². The molecule has 7 heteroatoms. The molecule has 0 bridgehead atoms. The number of benzene rings is 1. The Kier molecular flexibility index (Phi) is 6.26. The highest BCUT2D eigenvalue weighted by Gasteiger charge is 2.31. The summed E-state index contributed by atoms with van der Waals surface area (Å²) in [4.78, 5) is 25.0. The number of esters is 1. The molecule has 1 amide bonds. The van der Waals surface area contributed by atoms with E-state index in [0.29, 0.717) is 29.8 Å². The van der Waals surface area contributed by atoms with Crippen LogP contribution < -0.4 is 4.74 Å². The lowest BCUT2D eigenvalue weighted by molar-refractivity contribution is -0.128. The molecule has 7 nitrogen and oxygen atoms in total. The van der Waals surface area contributed by atoms with Gasteiger partial charge in [-0.25, -0.2) is 4.79 Å². The number of phenols is 1. The first kappa shape index (κ1) is 19.8. The van der Waals surface area contributed by atoms with Crippen LogP contribution in [-0.2, 0) is 22.6 Å². The lowest BCUT2D eigenvalue weighted by Crippen LogP contribution is -2.32. The van der Waals surface area contributed by atoms with E-state index >= 15 is 0 Å². The molecule has 2 N–H and O–H groups in total. The number of hydrogen-bond donors (Lipinski definition) is 2. The standard InChI is InChI=1S/C19H25NO6/c1-11(9-20(7-8-21)13(3)22)5-6-14-17(23)16-15(10-26-19(16)24)12(2)18(14)25-4/h5,21,23H,6-10H2,1-4H3/b11-5+. The number of fused-ring (bicyclic) bond motifs is 1. The number of phenolic OH excluding ortho intramolecular Hbond substituents is 1. The van der Waals surface area contributed by atoms with E-state index in [4.69, 9.17) is 14.6 Å². The number of allylic oxidation sites excluding steroid dienone is 1. The van der Waals surface area contributed by atoms with Crippen LogP contribution in [0.15, 0.2) is 11.6 Å². The van der Waals surface area contributed by atoms with Crippen molar-refractivity contribution < 1.29 is 29.3 Å². The Hall–Kier alpha value is -2.54. The molecule has 142 valence electrons. The highest BCUT2D eigenvalue weighted by Crippen LogP contribution is 2.41. The van der Waals surface area contributed by atoms with Crippen molar-refractivity contribution in [2.75, 3.05) is 26.8 Å². The molecule has 2 rings (SSSR count). The van der Waals surface area contributed by atoms with Crippen LogP contribution >= 0.6 is 0 Å². The Labute approximate surface area is 152 Å². The summed E-state index contributed by atoms with van der Waals surface area (Å²) in [7, 11) is 1.52. The molecule has 0 spiro atoms. The average Bonchev–Trinajstić information content (AvgIpc) is 2.98. The first-order chi connectivity index (χ1) is 12.3. The minimum Gasteiger partial charge on any atom is -0.507 e. The van der Waals surface area contributed by atoms with Gasteiger partial charge >= 0.3 is 5.97 Å². The van der Waals surface area contributed by atoms with E-state index in [-0.39, 0.29) is 37.0 Å². The van der Waals surface area contributed by atoms with Crippen LogP contribution in [0.3, 0.4) is 0 Å². The van der Waals surface area contributed by atoms with Crippen molar-refractivity contribution in [1.82, 2.24) is 4.90 Å². The molecule has 1 aromatic rings. The summed E-state index contributed by atoms with van der Waals surface area (Å²) in [5.74, 6) is -0.241. The number of carbonyl (C=O) groups is 2. The summed E-state index contributed by atoms with van der Waals surface area (Å²) in [6.45, 7) is 5.82. The first-order valence-corrected chi connectivity index (χ1v) is 8.42. The van der Waals surface area contributed by atoms with Crippen LogP contribution in [0.25, 0.3) is 0 Å². The Bertz CT molecular complexity index is 753. The number of aliphatic hydroxyl groups excluding tert-OH is 1. The zero-order valence-electron chi connectivity index (χ0n) is 15.6. The summed E-state index contributed by atoms with van der Waals surface area (Å²) < 4.78 is 10.5. The number of ether oxygens (including phenoxy) is 2. The van der Waals surface area contributed by atoms with Gasteiger partial charge in [-0.2, -0.15) is 0 Å². The van der Waals surface area contributed by atoms with E-state index in [2.05, 4.69) is 0 Å². The Morgan fingerprint density at radius 2 is 2.08 bits per heavy atom. The molecule has 1 aromatic carbocycles. The van der Waals surface area contributed by atoms with Gasteiger partial charge in [0.05, 0.1) is 13.7 Å². The van der Waals surface area contributed by atoms with Gasteiger partial charge in [0, 0.05) is 31.1 Å². The lowest BCUT2D eigenvalue weighted by Gasteiger charge is -2.20. The number of nitrogens with zero attached hydrogens (tertiary/aromatic N) is 1. The second-order valence-electron chi connectivity index (χ2n) is 6.33. The number of aromatic hydroxyl groups is 1. The maximum atomic E-state index is 11.9. The zero-order chi connectivity index (χ0) is 19.4. The third-order valence-electron chi connectivity index (χ3n) is 4.56. The number of methoxy groups -OCH3 is 1. The predicted molar refractivity (Wildman–Crippen MR) is 95.3 cm³/mol. The molecule has 1 heterocycles. The molecule has 0 radical (unpaired) electrons. The van der Waals surface area contributed by atoms with Gasteiger partial charge in [-0.05, 0) is 25.8 Å². The van der Waals surface area contributed by atoms with Gasteiger partial charge in [0.25, 0.3) is 0 Å². The smallest absolute Gasteiger partial charge is 0.342 e. The van der Waals surface area contributed by atoms with Crippen LogP contribution in [-0.4, -0.2) is 53.8 Å². The molecular weight excluding hydrogens is 338 g/mol. The van der Waals surface area contributed by atoms with Crippen molar-refractivity contribution in [2.45, 2.75) is 33.8 Å². The molecule has 0 saturated heterocycles. The second kappa shape index (κ2) is 8.23. The minimum atomic E-state index is -0.532. The molecule has 1 aliphatic rings. The SMILES string of the molecule is COc1c(C)c2c(c(O)c1C/C=C(\C)CN(CCO)C(C)=O)C(=O)OC2. The number of cyclic esters (lactones) is 1. The molecule has 0 fully saturated rings. The molecular formula is C19H25NO6. The Morgan fingerprint density at radius 3 is 2.65 bits per heavy atom. The number of amides is 1. The van der Waals surface area contributed by atoms with E-state index in [1.165, 1.54) is 18.9 Å². The van der Waals surface area contributed by atoms with E-state index in [0.717, 1.165) is 11.1 Å². The van der Waals surface area contributed by atoms with Crippen molar-refractivity contribution in [3.05, 3.63) is 33.9 Å². The van der Waals surface area contributed by atoms with E-state index in [1.807, 2.05) is 19.9 Å². The number of aliphatic hydroxyl groups is 1. The number of hydrogen-bond acceptors (Lipinski definition) is 6. The normalized spacial score (nSPS) is 13.4. The average molecular weight is 363 g/mol. The molecule has 0 unspecified atom stereocenters. The Balaban J connectivity index is 2.32. The second-order valence-corrected chi connectivity index (χ2v) is 6.33. The Morgan fingerprint density at radius 1 is 1.38 bits per heavy atom. The third-order valence-corrected chi connectivity index (χ3v) is 4.56. The predicted octanol–water partition coefficient (Wildman–Crippen LogP) is 1.71. The van der Waals surface area contributed by atoms with Crippen molar-refractivity contribution in [1.29, 1.82) is 0 Å². The van der Waals surface area contributed by atoms with E-state index < -0.39 is 5.97 Å². The highest BCUT2D eigenvalue weighted by atomic mass is 16.5. The number of carbonyl (C=O) groups excluding carboxylic acids is 2. The van der Waals surface area contributed by atoms with Gasteiger partial charge in [0.2, 0.25) is 5.91 Å². The molecule has 0 saturated carbocycles. The molecule has 0 atom stereocenters. The fourth-order valence-corrected chi connectivity index (χ4v) is 3.14. The maximum Gasteiger partial charge on any atom is 0.342 e. The summed E-state index contributed by atoms with van der Waals surface area (Å²) in [6.07, 6.45) is 2.21. The molecule has 26 heavy (non-hydrogen) atoms. The minimum absolute atomic E-state index is 0.104. The van der Waals surface area contributed by atoms with Gasteiger partial charge in [0.1, 0.15) is 23.7 Å². The molecule has 0 aliphatic carbocycles. The van der Waals surface area contributed by atoms with Crippen LogP contribution in [0.1, 0.15) is 40.9 Å². The van der Waals surface area contributed by atoms with Crippen LogP contribution in [0, 0.1) is 6.92 Å². The van der Waals surface area contributed by atoms with Crippen LogP contribution in [0.4, 0.5) is 0 Å². The third kappa shape index (κ3) is 3.83. The zero-order valence-corrected chi connectivity index (χ0v) is 15.6. The quantitative estimate of drug-likeness (QED) is 0.565. The summed E-state index contributed by atoms with van der Waals surface area (Å²) in [6, 6.07) is 0. The maximum absolute atomic E-state index is 11.9. The van der Waals surface area contributed by atoms with Crippen molar-refractivity contribution >= 4 is 11.9 Å². The molecule has 1 aliphatic heterocycles. The molecule has 0 aromatic heterocycles. The van der Waals surface area contributed by atoms with Gasteiger partial charge in [-0.3, -0.25) is 4.79 Å². The largest absolute Gasteiger partial charge is 0.507 e. The van der Waals surface area contributed by atoms with Crippen molar-refractivity contribution in [2.24, 2.45) is 0 Å². The summed E-state index contributed by atoms with van der Waals surface area (Å²) in [5.41, 5.74) is 3.04. The number of rotatable bonds is 7. The van der Waals surface area contributed by atoms with Crippen molar-refractivity contribution in [3.8, 4) is 11.5 Å². The van der Waals surface area contributed by atoms with E-state index in [9.17, 15) is 14.7 Å². The van der Waals surface area contributed by atoms with Crippen LogP contribution in [0.2, 0.25) is 0 Å². The van der Waals surface area contributed by atoms with Crippen LogP contribution in [0.5, 0.6) is 11.5 Å². The van der Waals surface area contributed by atoms with Gasteiger partial charge in [-0.1, -0.05) is 11.6 Å². The van der Waals surface area contributed by atoms with E-state index in [1.54, 1.807) is 0 Å². The van der Waals surface area contributed by atoms with Gasteiger partial charge < -0.3 is 24.6 Å². The highest BCUT2D eigenvalue weighted by molar-refractivity contribution is 5.98. The lowest BCUT2D eigenvalue weighted by atomic mass is 9.95. The fourth-order valence-electron chi connectivity index (χ4n) is 3.14. The first-order valence-electron chi connectivity index (χ1n) is 8.42. The van der Waals surface area contributed by atoms with Gasteiger partial charge in [0.15, 0.2) is 0 Å². The topological polar surface area (TPSA) is 96.3 Å².